The van der Waals surface area contributed by atoms with Crippen LogP contribution in [-0.2, 0) is 12.6 Å². The smallest absolute Gasteiger partial charge is 0.398 e. The van der Waals surface area contributed by atoms with Crippen molar-refractivity contribution in [2.45, 2.75) is 37.8 Å². The van der Waals surface area contributed by atoms with Crippen molar-refractivity contribution < 1.29 is 13.2 Å². The first-order valence-electron chi connectivity index (χ1n) is 8.20. The molecule has 0 radical (unpaired) electrons. The second-order valence-electron chi connectivity index (χ2n) is 6.96. The molecular weight excluding hydrogens is 357 g/mol. The fourth-order valence-corrected chi connectivity index (χ4v) is 2.79. The molecule has 2 aromatic carbocycles. The van der Waals surface area contributed by atoms with Gasteiger partial charge < -0.3 is 11.1 Å². The number of halogens is 3. The van der Waals surface area contributed by atoms with E-state index < -0.39 is 11.7 Å². The molecule has 0 aliphatic rings. The van der Waals surface area contributed by atoms with Gasteiger partial charge in [-0.2, -0.15) is 13.2 Å². The second kappa shape index (κ2) is 7.66. The van der Waals surface area contributed by atoms with E-state index in [0.717, 1.165) is 29.4 Å². The predicted molar refractivity (Wildman–Crippen MR) is 104 cm³/mol. The molecule has 0 saturated heterocycles. The quantitative estimate of drug-likeness (QED) is 0.415. The van der Waals surface area contributed by atoms with Gasteiger partial charge in [0.25, 0.3) is 0 Å². The molecule has 140 valence electrons. The Balaban J connectivity index is 2.08. The van der Waals surface area contributed by atoms with Gasteiger partial charge in [0.1, 0.15) is 0 Å². The summed E-state index contributed by atoms with van der Waals surface area (Å²) in [5.41, 5.74) is 6.12. The lowest BCUT2D eigenvalue weighted by Gasteiger charge is -2.29. The van der Waals surface area contributed by atoms with Crippen molar-refractivity contribution in [3.05, 3.63) is 65.9 Å². The highest BCUT2D eigenvalue weighted by Crippen LogP contribution is 2.37. The Morgan fingerprint density at radius 3 is 2.46 bits per heavy atom. The Labute approximate surface area is 157 Å². The molecule has 0 atom stereocenters. The zero-order valence-electron chi connectivity index (χ0n) is 14.8. The molecule has 0 heterocycles. The zero-order valence-corrected chi connectivity index (χ0v) is 15.7. The van der Waals surface area contributed by atoms with Crippen LogP contribution < -0.4 is 11.1 Å². The van der Waals surface area contributed by atoms with E-state index in [1.807, 2.05) is 38.1 Å². The Morgan fingerprint density at radius 2 is 1.85 bits per heavy atom. The number of aryl methyl sites for hydroxylation is 1. The molecule has 0 aromatic heterocycles. The van der Waals surface area contributed by atoms with Crippen molar-refractivity contribution in [2.75, 3.05) is 11.1 Å². The Hall–Kier alpha value is -2.08. The van der Waals surface area contributed by atoms with E-state index in [4.69, 9.17) is 5.73 Å². The lowest BCUT2D eigenvalue weighted by atomic mass is 9.83. The summed E-state index contributed by atoms with van der Waals surface area (Å²) >= 11 is 4.34. The van der Waals surface area contributed by atoms with Crippen LogP contribution in [0, 0.1) is 5.41 Å². The van der Waals surface area contributed by atoms with Crippen molar-refractivity contribution in [1.82, 2.24) is 0 Å². The molecule has 2 nitrogen and oxygen atoms in total. The van der Waals surface area contributed by atoms with Crippen LogP contribution in [0.2, 0.25) is 0 Å². The summed E-state index contributed by atoms with van der Waals surface area (Å²) in [6, 6.07) is 11.7. The van der Waals surface area contributed by atoms with E-state index in [-0.39, 0.29) is 11.1 Å². The van der Waals surface area contributed by atoms with E-state index in [9.17, 15) is 13.2 Å². The minimum absolute atomic E-state index is 0.292. The largest absolute Gasteiger partial charge is 0.418 e. The number of nitrogen functional groups attached to an aromatic ring is 1. The van der Waals surface area contributed by atoms with Crippen LogP contribution in [0.1, 0.15) is 31.4 Å². The first-order chi connectivity index (χ1) is 12.0. The van der Waals surface area contributed by atoms with Gasteiger partial charge >= 0.3 is 6.18 Å². The van der Waals surface area contributed by atoms with Crippen molar-refractivity contribution in [1.29, 1.82) is 0 Å². The molecule has 26 heavy (non-hydrogen) atoms. The van der Waals surface area contributed by atoms with E-state index in [2.05, 4.69) is 24.5 Å². The maximum absolute atomic E-state index is 13.0. The SMILES string of the molecule is C=C(Nc1ccc(N)c(C(F)(F)F)c1)C(C)(C)CCc1cccc(S)c1. The summed E-state index contributed by atoms with van der Waals surface area (Å²) in [5.74, 6) is 0. The number of rotatable bonds is 6. The van der Waals surface area contributed by atoms with Gasteiger partial charge in [-0.1, -0.05) is 32.6 Å². The van der Waals surface area contributed by atoms with Crippen LogP contribution in [0.25, 0.3) is 0 Å². The molecule has 3 N–H and O–H groups in total. The van der Waals surface area contributed by atoms with Gasteiger partial charge in [-0.3, -0.25) is 0 Å². The topological polar surface area (TPSA) is 38.0 Å². The summed E-state index contributed by atoms with van der Waals surface area (Å²) in [4.78, 5) is 0.902. The summed E-state index contributed by atoms with van der Waals surface area (Å²) in [6.07, 6.45) is -2.88. The van der Waals surface area contributed by atoms with Crippen LogP contribution >= 0.6 is 12.6 Å². The summed E-state index contributed by atoms with van der Waals surface area (Å²) < 4.78 is 39.0. The van der Waals surface area contributed by atoms with Crippen molar-refractivity contribution >= 4 is 24.0 Å². The Bertz CT molecular complexity index is 798. The maximum Gasteiger partial charge on any atom is 0.418 e. The maximum atomic E-state index is 13.0. The lowest BCUT2D eigenvalue weighted by Crippen LogP contribution is -2.21. The van der Waals surface area contributed by atoms with Gasteiger partial charge in [-0.25, -0.2) is 0 Å². The van der Waals surface area contributed by atoms with Crippen LogP contribution in [-0.4, -0.2) is 0 Å². The summed E-state index contributed by atoms with van der Waals surface area (Å²) in [7, 11) is 0. The fourth-order valence-electron chi connectivity index (χ4n) is 2.54. The van der Waals surface area contributed by atoms with Gasteiger partial charge in [-0.05, 0) is 48.7 Å². The first kappa shape index (κ1) is 20.2. The molecule has 6 heteroatoms. The highest BCUT2D eigenvalue weighted by molar-refractivity contribution is 7.80. The van der Waals surface area contributed by atoms with Gasteiger partial charge in [-0.15, -0.1) is 12.6 Å². The fraction of sp³-hybridized carbons (Fsp3) is 0.300. The average Bonchev–Trinajstić information content (AvgIpc) is 2.54. The van der Waals surface area contributed by atoms with Crippen molar-refractivity contribution in [3.63, 3.8) is 0 Å². The number of alkyl halides is 3. The highest BCUT2D eigenvalue weighted by Gasteiger charge is 2.33. The third-order valence-electron chi connectivity index (χ3n) is 4.42. The van der Waals surface area contributed by atoms with Crippen molar-refractivity contribution in [3.8, 4) is 0 Å². The molecule has 0 unspecified atom stereocenters. The Kier molecular flexibility index (Phi) is 5.96. The van der Waals surface area contributed by atoms with E-state index in [1.165, 1.54) is 12.1 Å². The minimum atomic E-state index is -4.49. The van der Waals surface area contributed by atoms with E-state index in [1.54, 1.807) is 0 Å². The third kappa shape index (κ3) is 5.21. The highest BCUT2D eigenvalue weighted by atomic mass is 32.1. The van der Waals surface area contributed by atoms with Crippen LogP contribution in [0.4, 0.5) is 24.5 Å². The number of anilines is 2. The van der Waals surface area contributed by atoms with Gasteiger partial charge in [0, 0.05) is 27.4 Å². The standard InChI is InChI=1S/C20H23F3N2S/c1-13(19(2,3)10-9-14-5-4-6-16(26)11-14)25-15-7-8-18(24)17(12-15)20(21,22)23/h4-8,11-12,25-26H,1,9-10,24H2,2-3H3. The molecule has 2 aromatic rings. The zero-order chi connectivity index (χ0) is 19.5. The minimum Gasteiger partial charge on any atom is -0.398 e. The molecule has 0 aliphatic carbocycles. The Morgan fingerprint density at radius 1 is 1.15 bits per heavy atom. The van der Waals surface area contributed by atoms with Crippen molar-refractivity contribution in [2.24, 2.45) is 5.41 Å². The number of hydrogen-bond donors (Lipinski definition) is 3. The number of allylic oxidation sites excluding steroid dienone is 1. The molecule has 0 spiro atoms. The van der Waals surface area contributed by atoms with Crippen LogP contribution in [0.5, 0.6) is 0 Å². The normalized spacial score (nSPS) is 12.1. The molecule has 0 amide bonds. The molecule has 0 fully saturated rings. The van der Waals surface area contributed by atoms with Gasteiger partial charge in [0.2, 0.25) is 0 Å². The van der Waals surface area contributed by atoms with Crippen LogP contribution in [0.3, 0.4) is 0 Å². The van der Waals surface area contributed by atoms with E-state index >= 15 is 0 Å². The summed E-state index contributed by atoms with van der Waals surface area (Å²) in [5, 5.41) is 3.00. The number of nitrogens with one attached hydrogen (secondary N) is 1. The average molecular weight is 380 g/mol. The number of benzene rings is 2. The van der Waals surface area contributed by atoms with Gasteiger partial charge in [0.05, 0.1) is 5.56 Å². The number of thiol groups is 1. The van der Waals surface area contributed by atoms with E-state index in [0.29, 0.717) is 11.4 Å². The van der Waals surface area contributed by atoms with Gasteiger partial charge in [0.15, 0.2) is 0 Å². The molecule has 0 aliphatic heterocycles. The second-order valence-corrected chi connectivity index (χ2v) is 7.47. The first-order valence-corrected chi connectivity index (χ1v) is 8.65. The third-order valence-corrected chi connectivity index (χ3v) is 4.70. The molecule has 0 saturated carbocycles. The molecular formula is C20H23F3N2S. The molecule has 2 rings (SSSR count). The number of hydrogen-bond acceptors (Lipinski definition) is 3. The lowest BCUT2D eigenvalue weighted by molar-refractivity contribution is -0.136. The predicted octanol–water partition coefficient (Wildman–Crippen LogP) is 6.16. The number of nitrogens with two attached hydrogens (primary N) is 1. The van der Waals surface area contributed by atoms with Crippen LogP contribution in [0.15, 0.2) is 59.6 Å². The molecule has 0 bridgehead atoms. The monoisotopic (exact) mass is 380 g/mol. The summed E-state index contributed by atoms with van der Waals surface area (Å²) in [6.45, 7) is 8.04.